The maximum atomic E-state index is 10.6. The van der Waals surface area contributed by atoms with Gasteiger partial charge in [0.25, 0.3) is 0 Å². The second kappa shape index (κ2) is 6.84. The van der Waals surface area contributed by atoms with Gasteiger partial charge in [-0.05, 0) is 42.3 Å². The maximum absolute atomic E-state index is 10.6. The van der Waals surface area contributed by atoms with Crippen molar-refractivity contribution in [3.63, 3.8) is 0 Å². The highest BCUT2D eigenvalue weighted by Gasteiger charge is 2.22. The smallest absolute Gasteiger partial charge is 0.0880 e. The number of hydrogen-bond donors (Lipinski definition) is 2. The zero-order valence-electron chi connectivity index (χ0n) is 12.2. The molecular formula is C17H23NO2. The van der Waals surface area contributed by atoms with Gasteiger partial charge >= 0.3 is 0 Å². The summed E-state index contributed by atoms with van der Waals surface area (Å²) in [5.74, 6) is 0. The summed E-state index contributed by atoms with van der Waals surface area (Å²) in [6.07, 6.45) is 0.676. The molecule has 0 heterocycles. The monoisotopic (exact) mass is 273 g/mol. The van der Waals surface area contributed by atoms with Crippen LogP contribution in [-0.4, -0.2) is 31.9 Å². The van der Waals surface area contributed by atoms with Gasteiger partial charge in [0.05, 0.1) is 12.2 Å². The summed E-state index contributed by atoms with van der Waals surface area (Å²) in [5, 5.41) is 16.3. The summed E-state index contributed by atoms with van der Waals surface area (Å²) in [6, 6.07) is 14.4. The van der Waals surface area contributed by atoms with Crippen LogP contribution in [0.3, 0.4) is 0 Å². The molecule has 0 fully saturated rings. The first-order valence-corrected chi connectivity index (χ1v) is 7.05. The van der Waals surface area contributed by atoms with E-state index in [-0.39, 0.29) is 0 Å². The van der Waals surface area contributed by atoms with Gasteiger partial charge in [0.1, 0.15) is 0 Å². The molecule has 0 aliphatic rings. The van der Waals surface area contributed by atoms with Crippen LogP contribution in [0.5, 0.6) is 0 Å². The quantitative estimate of drug-likeness (QED) is 0.762. The van der Waals surface area contributed by atoms with E-state index < -0.39 is 5.60 Å². The van der Waals surface area contributed by atoms with E-state index in [2.05, 4.69) is 29.6 Å². The number of aliphatic hydroxyl groups is 1. The van der Waals surface area contributed by atoms with Gasteiger partial charge in [0.2, 0.25) is 0 Å². The van der Waals surface area contributed by atoms with Crippen molar-refractivity contribution < 1.29 is 9.84 Å². The summed E-state index contributed by atoms with van der Waals surface area (Å²) in [4.78, 5) is 0. The first-order valence-electron chi connectivity index (χ1n) is 7.05. The zero-order valence-corrected chi connectivity index (χ0v) is 12.2. The molecule has 0 aliphatic heterocycles. The Hall–Kier alpha value is -1.42. The van der Waals surface area contributed by atoms with Crippen LogP contribution in [0.1, 0.15) is 18.9 Å². The molecule has 3 nitrogen and oxygen atoms in total. The zero-order chi connectivity index (χ0) is 14.4. The molecule has 2 rings (SSSR count). The van der Waals surface area contributed by atoms with Crippen LogP contribution in [-0.2, 0) is 10.3 Å². The fraction of sp³-hybridized carbons (Fsp3) is 0.412. The van der Waals surface area contributed by atoms with Crippen LogP contribution in [0.2, 0.25) is 0 Å². The molecule has 0 aliphatic carbocycles. The van der Waals surface area contributed by atoms with E-state index in [0.717, 1.165) is 24.0 Å². The Morgan fingerprint density at radius 1 is 1.10 bits per heavy atom. The minimum Gasteiger partial charge on any atom is -0.385 e. The van der Waals surface area contributed by atoms with Crippen molar-refractivity contribution >= 4 is 10.8 Å². The number of nitrogens with one attached hydrogen (secondary N) is 1. The van der Waals surface area contributed by atoms with E-state index >= 15 is 0 Å². The Kier molecular flexibility index (Phi) is 5.12. The highest BCUT2D eigenvalue weighted by molar-refractivity contribution is 5.83. The second-order valence-corrected chi connectivity index (χ2v) is 5.33. The number of methoxy groups -OCH3 is 1. The van der Waals surface area contributed by atoms with Gasteiger partial charge in [-0.2, -0.15) is 0 Å². The molecule has 1 unspecified atom stereocenters. The number of fused-ring (bicyclic) bond motifs is 1. The lowest BCUT2D eigenvalue weighted by Crippen LogP contribution is -2.29. The summed E-state index contributed by atoms with van der Waals surface area (Å²) in [5.41, 5.74) is 0.147. The summed E-state index contributed by atoms with van der Waals surface area (Å²) < 4.78 is 4.98. The lowest BCUT2D eigenvalue weighted by molar-refractivity contribution is 0.0476. The van der Waals surface area contributed by atoms with Gasteiger partial charge in [-0.25, -0.2) is 0 Å². The molecule has 0 bridgehead atoms. The van der Waals surface area contributed by atoms with Gasteiger partial charge in [0, 0.05) is 13.7 Å². The molecule has 0 amide bonds. The average molecular weight is 273 g/mol. The largest absolute Gasteiger partial charge is 0.385 e. The van der Waals surface area contributed by atoms with E-state index in [0.29, 0.717) is 13.0 Å². The normalized spacial score (nSPS) is 14.3. The molecule has 2 aromatic carbocycles. The third-order valence-corrected chi connectivity index (χ3v) is 3.64. The predicted molar refractivity (Wildman–Crippen MR) is 82.9 cm³/mol. The van der Waals surface area contributed by atoms with Crippen LogP contribution in [0, 0.1) is 0 Å². The van der Waals surface area contributed by atoms with E-state index in [1.165, 1.54) is 5.39 Å². The van der Waals surface area contributed by atoms with E-state index in [1.807, 2.05) is 25.1 Å². The molecule has 0 radical (unpaired) electrons. The van der Waals surface area contributed by atoms with E-state index in [4.69, 9.17) is 4.74 Å². The SMILES string of the molecule is COCCNCCC(C)(O)c1ccc2ccccc2c1. The van der Waals surface area contributed by atoms with E-state index in [9.17, 15) is 5.11 Å². The fourth-order valence-corrected chi connectivity index (χ4v) is 2.30. The van der Waals surface area contributed by atoms with Gasteiger partial charge < -0.3 is 15.2 Å². The average Bonchev–Trinajstić information content (AvgIpc) is 2.46. The first-order chi connectivity index (χ1) is 9.63. The van der Waals surface area contributed by atoms with Gasteiger partial charge in [-0.15, -0.1) is 0 Å². The number of hydrogen-bond acceptors (Lipinski definition) is 3. The predicted octanol–water partition coefficient (Wildman–Crippen LogP) is 2.67. The van der Waals surface area contributed by atoms with Crippen molar-refractivity contribution in [3.05, 3.63) is 48.0 Å². The minimum atomic E-state index is -0.815. The molecule has 0 spiro atoms. The molecule has 20 heavy (non-hydrogen) atoms. The summed E-state index contributed by atoms with van der Waals surface area (Å²) in [6.45, 7) is 4.14. The van der Waals surface area contributed by atoms with Crippen molar-refractivity contribution in [2.24, 2.45) is 0 Å². The molecule has 2 N–H and O–H groups in total. The van der Waals surface area contributed by atoms with Crippen molar-refractivity contribution in [2.75, 3.05) is 26.8 Å². The van der Waals surface area contributed by atoms with E-state index in [1.54, 1.807) is 7.11 Å². The van der Waals surface area contributed by atoms with Gasteiger partial charge in [-0.3, -0.25) is 0 Å². The van der Waals surface area contributed by atoms with Crippen molar-refractivity contribution in [1.29, 1.82) is 0 Å². The summed E-state index contributed by atoms with van der Waals surface area (Å²) >= 11 is 0. The Morgan fingerprint density at radius 2 is 1.85 bits per heavy atom. The first kappa shape index (κ1) is 15.0. The standard InChI is InChI=1S/C17H23NO2/c1-17(19,9-10-18-11-12-20-2)16-8-7-14-5-3-4-6-15(14)13-16/h3-8,13,18-19H,9-12H2,1-2H3. The molecule has 0 aromatic heterocycles. The minimum absolute atomic E-state index is 0.676. The molecule has 0 saturated heterocycles. The van der Waals surface area contributed by atoms with Crippen LogP contribution in [0.15, 0.2) is 42.5 Å². The molecule has 2 aromatic rings. The molecule has 0 saturated carbocycles. The Labute approximate surface area is 120 Å². The fourth-order valence-electron chi connectivity index (χ4n) is 2.30. The van der Waals surface area contributed by atoms with Crippen molar-refractivity contribution in [2.45, 2.75) is 18.9 Å². The van der Waals surface area contributed by atoms with Crippen LogP contribution in [0.4, 0.5) is 0 Å². The highest BCUT2D eigenvalue weighted by Crippen LogP contribution is 2.27. The van der Waals surface area contributed by atoms with Crippen LogP contribution < -0.4 is 5.32 Å². The Bertz CT molecular complexity index is 551. The lowest BCUT2D eigenvalue weighted by Gasteiger charge is -2.24. The molecule has 108 valence electrons. The van der Waals surface area contributed by atoms with Gasteiger partial charge in [-0.1, -0.05) is 36.4 Å². The van der Waals surface area contributed by atoms with Crippen LogP contribution in [0.25, 0.3) is 10.8 Å². The van der Waals surface area contributed by atoms with Crippen molar-refractivity contribution in [3.8, 4) is 0 Å². The van der Waals surface area contributed by atoms with Gasteiger partial charge in [0.15, 0.2) is 0 Å². The third kappa shape index (κ3) is 3.79. The number of ether oxygens (including phenoxy) is 1. The maximum Gasteiger partial charge on any atom is 0.0880 e. The van der Waals surface area contributed by atoms with Crippen molar-refractivity contribution in [1.82, 2.24) is 5.32 Å². The number of rotatable bonds is 7. The third-order valence-electron chi connectivity index (χ3n) is 3.64. The topological polar surface area (TPSA) is 41.5 Å². The Balaban J connectivity index is 2.02. The Morgan fingerprint density at radius 3 is 2.60 bits per heavy atom. The number of benzene rings is 2. The summed E-state index contributed by atoms with van der Waals surface area (Å²) in [7, 11) is 1.69. The molecular weight excluding hydrogens is 250 g/mol. The lowest BCUT2D eigenvalue weighted by atomic mass is 9.91. The second-order valence-electron chi connectivity index (χ2n) is 5.33. The van der Waals surface area contributed by atoms with Crippen LogP contribution >= 0.6 is 0 Å². The molecule has 3 heteroatoms. The molecule has 1 atom stereocenters. The highest BCUT2D eigenvalue weighted by atomic mass is 16.5.